The van der Waals surface area contributed by atoms with Gasteiger partial charge in [-0.3, -0.25) is 9.59 Å². The van der Waals surface area contributed by atoms with Gasteiger partial charge >= 0.3 is 0 Å². The third kappa shape index (κ3) is 4.57. The molecule has 0 saturated carbocycles. The van der Waals surface area contributed by atoms with Crippen LogP contribution in [-0.2, 0) is 4.79 Å². The number of nitrogens with one attached hydrogen (secondary N) is 1. The highest BCUT2D eigenvalue weighted by atomic mass is 16.2. The Morgan fingerprint density at radius 1 is 1.04 bits per heavy atom. The Labute approximate surface area is 148 Å². The van der Waals surface area contributed by atoms with Gasteiger partial charge in [-0.05, 0) is 55.7 Å². The molecule has 2 amide bonds. The molecule has 0 aromatic heterocycles. The number of hydrogen-bond donors (Lipinski definition) is 1. The molecule has 3 rings (SSSR count). The van der Waals surface area contributed by atoms with Crippen molar-refractivity contribution in [2.45, 2.75) is 19.8 Å². The number of nitrogens with zero attached hydrogens (tertiary/aromatic N) is 1. The van der Waals surface area contributed by atoms with E-state index in [1.54, 1.807) is 30.3 Å². The highest BCUT2D eigenvalue weighted by Crippen LogP contribution is 2.15. The molecule has 1 aliphatic rings. The zero-order valence-electron chi connectivity index (χ0n) is 14.4. The maximum Gasteiger partial charge on any atom is 0.253 e. The highest BCUT2D eigenvalue weighted by molar-refractivity contribution is 6.02. The first-order chi connectivity index (χ1) is 12.1. The van der Waals surface area contributed by atoms with E-state index in [1.165, 1.54) is 6.08 Å². The van der Waals surface area contributed by atoms with Crippen molar-refractivity contribution in [1.29, 1.82) is 0 Å². The Morgan fingerprint density at radius 2 is 1.76 bits per heavy atom. The molecule has 0 spiro atoms. The molecular weight excluding hydrogens is 312 g/mol. The van der Waals surface area contributed by atoms with Crippen LogP contribution in [0.25, 0.3) is 6.08 Å². The first-order valence-electron chi connectivity index (χ1n) is 8.57. The average Bonchev–Trinajstić information content (AvgIpc) is 3.15. The van der Waals surface area contributed by atoms with Crippen molar-refractivity contribution in [2.24, 2.45) is 0 Å². The van der Waals surface area contributed by atoms with Crippen LogP contribution < -0.4 is 5.32 Å². The van der Waals surface area contributed by atoms with Crippen molar-refractivity contribution in [3.8, 4) is 0 Å². The lowest BCUT2D eigenvalue weighted by Crippen LogP contribution is -2.27. The summed E-state index contributed by atoms with van der Waals surface area (Å²) in [5, 5.41) is 2.81. The van der Waals surface area contributed by atoms with Gasteiger partial charge in [-0.1, -0.05) is 29.8 Å². The van der Waals surface area contributed by atoms with Gasteiger partial charge in [0.2, 0.25) is 5.91 Å². The SMILES string of the molecule is Cc1cccc(/C=C/C(=O)Nc2ccc(C(=O)N3CCCC3)cc2)c1. The fraction of sp³-hybridized carbons (Fsp3) is 0.238. The molecule has 4 heteroatoms. The van der Waals surface area contributed by atoms with E-state index in [2.05, 4.69) is 5.32 Å². The quantitative estimate of drug-likeness (QED) is 0.863. The first kappa shape index (κ1) is 17.0. The van der Waals surface area contributed by atoms with E-state index in [1.807, 2.05) is 36.1 Å². The summed E-state index contributed by atoms with van der Waals surface area (Å²) in [6.45, 7) is 3.69. The Hall–Kier alpha value is -2.88. The van der Waals surface area contributed by atoms with E-state index in [0.717, 1.165) is 37.1 Å². The number of benzene rings is 2. The van der Waals surface area contributed by atoms with Crippen molar-refractivity contribution in [2.75, 3.05) is 18.4 Å². The predicted octanol–water partition coefficient (Wildman–Crippen LogP) is 3.88. The van der Waals surface area contributed by atoms with Gasteiger partial charge in [0, 0.05) is 30.4 Å². The molecule has 0 radical (unpaired) electrons. The standard InChI is InChI=1S/C21H22N2O2/c1-16-5-4-6-17(15-16)7-12-20(24)22-19-10-8-18(9-11-19)21(25)23-13-2-3-14-23/h4-12,15H,2-3,13-14H2,1H3,(H,22,24)/b12-7+. The van der Waals surface area contributed by atoms with Gasteiger partial charge in [0.05, 0.1) is 0 Å². The fourth-order valence-corrected chi connectivity index (χ4v) is 2.93. The van der Waals surface area contributed by atoms with Crippen molar-refractivity contribution in [3.63, 3.8) is 0 Å². The zero-order chi connectivity index (χ0) is 17.6. The van der Waals surface area contributed by atoms with E-state index in [4.69, 9.17) is 0 Å². The molecular formula is C21H22N2O2. The molecule has 2 aromatic carbocycles. The minimum absolute atomic E-state index is 0.0646. The fourth-order valence-electron chi connectivity index (χ4n) is 2.93. The third-order valence-corrected chi connectivity index (χ3v) is 4.26. The van der Waals surface area contributed by atoms with E-state index in [-0.39, 0.29) is 11.8 Å². The number of likely N-dealkylation sites (tertiary alicyclic amines) is 1. The van der Waals surface area contributed by atoms with Crippen LogP contribution in [0, 0.1) is 6.92 Å². The Bertz CT molecular complexity index is 788. The van der Waals surface area contributed by atoms with Crippen LogP contribution in [0.1, 0.15) is 34.3 Å². The lowest BCUT2D eigenvalue weighted by atomic mass is 10.1. The number of aryl methyl sites for hydroxylation is 1. The summed E-state index contributed by atoms with van der Waals surface area (Å²) in [7, 11) is 0. The molecule has 1 heterocycles. The number of hydrogen-bond acceptors (Lipinski definition) is 2. The van der Waals surface area contributed by atoms with E-state index < -0.39 is 0 Å². The van der Waals surface area contributed by atoms with Crippen molar-refractivity contribution >= 4 is 23.6 Å². The number of anilines is 1. The molecule has 4 nitrogen and oxygen atoms in total. The van der Waals surface area contributed by atoms with E-state index in [9.17, 15) is 9.59 Å². The Morgan fingerprint density at radius 3 is 2.44 bits per heavy atom. The van der Waals surface area contributed by atoms with Crippen LogP contribution in [0.3, 0.4) is 0 Å². The lowest BCUT2D eigenvalue weighted by molar-refractivity contribution is -0.111. The summed E-state index contributed by atoms with van der Waals surface area (Å²) < 4.78 is 0. The smallest absolute Gasteiger partial charge is 0.253 e. The van der Waals surface area contributed by atoms with Crippen LogP contribution in [0.2, 0.25) is 0 Å². The number of rotatable bonds is 4. The molecule has 2 aromatic rings. The van der Waals surface area contributed by atoms with Crippen LogP contribution in [0.4, 0.5) is 5.69 Å². The number of carbonyl (C=O) groups excluding carboxylic acids is 2. The van der Waals surface area contributed by atoms with Crippen LogP contribution in [-0.4, -0.2) is 29.8 Å². The van der Waals surface area contributed by atoms with Gasteiger partial charge in [-0.2, -0.15) is 0 Å². The summed E-state index contributed by atoms with van der Waals surface area (Å²) in [4.78, 5) is 26.2. The summed E-state index contributed by atoms with van der Waals surface area (Å²) in [6.07, 6.45) is 5.45. The Balaban J connectivity index is 1.59. The summed E-state index contributed by atoms with van der Waals surface area (Å²) >= 11 is 0. The molecule has 1 saturated heterocycles. The summed E-state index contributed by atoms with van der Waals surface area (Å²) in [5.41, 5.74) is 3.48. The minimum atomic E-state index is -0.194. The predicted molar refractivity (Wildman–Crippen MR) is 100 cm³/mol. The molecule has 1 fully saturated rings. The minimum Gasteiger partial charge on any atom is -0.339 e. The number of amides is 2. The number of carbonyl (C=O) groups is 2. The summed E-state index contributed by atoms with van der Waals surface area (Å²) in [5.74, 6) is -0.130. The van der Waals surface area contributed by atoms with Gasteiger partial charge in [0.25, 0.3) is 5.91 Å². The van der Waals surface area contributed by atoms with Crippen LogP contribution >= 0.6 is 0 Å². The highest BCUT2D eigenvalue weighted by Gasteiger charge is 2.19. The topological polar surface area (TPSA) is 49.4 Å². The molecule has 0 unspecified atom stereocenters. The maximum atomic E-state index is 12.3. The van der Waals surface area contributed by atoms with Gasteiger partial charge < -0.3 is 10.2 Å². The van der Waals surface area contributed by atoms with Crippen molar-refractivity contribution in [1.82, 2.24) is 4.90 Å². The molecule has 25 heavy (non-hydrogen) atoms. The molecule has 0 bridgehead atoms. The molecule has 128 valence electrons. The third-order valence-electron chi connectivity index (χ3n) is 4.26. The molecule has 0 atom stereocenters. The first-order valence-corrected chi connectivity index (χ1v) is 8.57. The maximum absolute atomic E-state index is 12.3. The largest absolute Gasteiger partial charge is 0.339 e. The van der Waals surface area contributed by atoms with E-state index in [0.29, 0.717) is 11.3 Å². The second-order valence-electron chi connectivity index (χ2n) is 6.31. The van der Waals surface area contributed by atoms with Crippen LogP contribution in [0.15, 0.2) is 54.6 Å². The normalized spacial score (nSPS) is 14.0. The lowest BCUT2D eigenvalue weighted by Gasteiger charge is -2.15. The van der Waals surface area contributed by atoms with Gasteiger partial charge in [-0.25, -0.2) is 0 Å². The molecule has 1 N–H and O–H groups in total. The van der Waals surface area contributed by atoms with Crippen molar-refractivity contribution < 1.29 is 9.59 Å². The van der Waals surface area contributed by atoms with Crippen molar-refractivity contribution in [3.05, 3.63) is 71.3 Å². The van der Waals surface area contributed by atoms with Crippen LogP contribution in [0.5, 0.6) is 0 Å². The van der Waals surface area contributed by atoms with E-state index >= 15 is 0 Å². The Kier molecular flexibility index (Phi) is 5.29. The monoisotopic (exact) mass is 334 g/mol. The average molecular weight is 334 g/mol. The second-order valence-corrected chi connectivity index (χ2v) is 6.31. The van der Waals surface area contributed by atoms with Gasteiger partial charge in [0.1, 0.15) is 0 Å². The van der Waals surface area contributed by atoms with Gasteiger partial charge in [0.15, 0.2) is 0 Å². The second kappa shape index (κ2) is 7.79. The molecule has 0 aliphatic carbocycles. The zero-order valence-corrected chi connectivity index (χ0v) is 14.4. The molecule has 1 aliphatic heterocycles. The summed E-state index contributed by atoms with van der Waals surface area (Å²) in [6, 6.07) is 15.0. The van der Waals surface area contributed by atoms with Gasteiger partial charge in [-0.15, -0.1) is 0 Å².